The number of amides is 1. The molecule has 1 aliphatic carbocycles. The van der Waals surface area contributed by atoms with Gasteiger partial charge in [0.25, 0.3) is 5.91 Å². The molecule has 0 aliphatic heterocycles. The molecule has 1 fully saturated rings. The molecule has 3 aromatic rings. The maximum Gasteiger partial charge on any atom is 0.255 e. The zero-order valence-electron chi connectivity index (χ0n) is 16.6. The number of carbonyl (C=O) groups is 1. The van der Waals surface area contributed by atoms with Crippen molar-refractivity contribution in [1.82, 2.24) is 25.1 Å². The Kier molecular flexibility index (Phi) is 5.33. The summed E-state index contributed by atoms with van der Waals surface area (Å²) >= 11 is 5.99. The normalized spacial score (nSPS) is 15.2. The third-order valence-corrected chi connectivity index (χ3v) is 5.08. The summed E-state index contributed by atoms with van der Waals surface area (Å²) in [5.74, 6) is 0.0127. The summed E-state index contributed by atoms with van der Waals surface area (Å²) < 4.78 is 15.6. The van der Waals surface area contributed by atoms with E-state index in [0.717, 1.165) is 18.2 Å². The van der Waals surface area contributed by atoms with Crippen LogP contribution in [0.5, 0.6) is 0 Å². The Labute approximate surface area is 177 Å². The largest absolute Gasteiger partial charge is 0.387 e. The Morgan fingerprint density at radius 3 is 2.80 bits per heavy atom. The van der Waals surface area contributed by atoms with Crippen LogP contribution in [-0.4, -0.2) is 55.1 Å². The Hall–Kier alpha value is -2.78. The fourth-order valence-electron chi connectivity index (χ4n) is 2.90. The molecule has 10 heteroatoms. The van der Waals surface area contributed by atoms with Crippen LogP contribution in [0.15, 0.2) is 30.7 Å². The van der Waals surface area contributed by atoms with Crippen LogP contribution in [0.3, 0.4) is 0 Å². The van der Waals surface area contributed by atoms with Crippen molar-refractivity contribution in [3.05, 3.63) is 41.3 Å². The van der Waals surface area contributed by atoms with Crippen molar-refractivity contribution < 1.29 is 14.3 Å². The minimum absolute atomic E-state index is 0.281. The van der Waals surface area contributed by atoms with E-state index in [1.54, 1.807) is 23.0 Å². The highest BCUT2D eigenvalue weighted by Gasteiger charge is 2.28. The molecule has 158 valence electrons. The Morgan fingerprint density at radius 1 is 1.33 bits per heavy atom. The van der Waals surface area contributed by atoms with Gasteiger partial charge >= 0.3 is 0 Å². The molecule has 0 aromatic carbocycles. The first kappa shape index (κ1) is 20.5. The van der Waals surface area contributed by atoms with Gasteiger partial charge in [0, 0.05) is 29.9 Å². The summed E-state index contributed by atoms with van der Waals surface area (Å²) in [6.07, 6.45) is 5.02. The SMILES string of the molecule is CC(C)(O)[C@H](F)CNC(=O)c1cnc(-n2ncc3cc(Cl)cnc32)cc1NC1CC1. The number of rotatable bonds is 7. The standard InChI is InChI=1S/C20H22ClFN6O2/c1-20(2,30)16(22)10-25-19(29)14-9-23-17(6-15(14)27-13-3-4-13)28-18-11(7-26-28)5-12(21)8-24-18/h5-9,13,16,30H,3-4,10H2,1-2H3,(H,23,27)(H,25,29)/t16-/m1/s1. The molecule has 0 unspecified atom stereocenters. The van der Waals surface area contributed by atoms with E-state index in [4.69, 9.17) is 11.6 Å². The monoisotopic (exact) mass is 432 g/mol. The zero-order chi connectivity index (χ0) is 21.5. The van der Waals surface area contributed by atoms with Crippen LogP contribution in [0, 0.1) is 0 Å². The molecular formula is C20H22ClFN6O2. The van der Waals surface area contributed by atoms with Crippen molar-refractivity contribution >= 4 is 34.2 Å². The molecule has 0 spiro atoms. The van der Waals surface area contributed by atoms with Crippen LogP contribution >= 0.6 is 11.6 Å². The predicted molar refractivity (Wildman–Crippen MR) is 112 cm³/mol. The van der Waals surface area contributed by atoms with E-state index in [1.807, 2.05) is 0 Å². The predicted octanol–water partition coefficient (Wildman–Crippen LogP) is 2.88. The van der Waals surface area contributed by atoms with E-state index in [1.165, 1.54) is 26.2 Å². The minimum Gasteiger partial charge on any atom is -0.387 e. The molecule has 3 heterocycles. The second kappa shape index (κ2) is 7.81. The van der Waals surface area contributed by atoms with Crippen molar-refractivity contribution in [1.29, 1.82) is 0 Å². The van der Waals surface area contributed by atoms with Crippen LogP contribution in [0.25, 0.3) is 16.9 Å². The van der Waals surface area contributed by atoms with E-state index in [9.17, 15) is 14.3 Å². The first-order chi connectivity index (χ1) is 14.2. The van der Waals surface area contributed by atoms with Crippen LogP contribution in [0.2, 0.25) is 5.02 Å². The lowest BCUT2D eigenvalue weighted by Gasteiger charge is -2.22. The topological polar surface area (TPSA) is 105 Å². The van der Waals surface area contributed by atoms with E-state index in [2.05, 4.69) is 25.7 Å². The van der Waals surface area contributed by atoms with Gasteiger partial charge in [0.2, 0.25) is 0 Å². The van der Waals surface area contributed by atoms with Crippen molar-refractivity contribution in [2.45, 2.75) is 44.5 Å². The van der Waals surface area contributed by atoms with Crippen molar-refractivity contribution in [3.63, 3.8) is 0 Å². The first-order valence-corrected chi connectivity index (χ1v) is 10.0. The number of pyridine rings is 2. The summed E-state index contributed by atoms with van der Waals surface area (Å²) in [6.45, 7) is 2.41. The van der Waals surface area contributed by atoms with Crippen LogP contribution < -0.4 is 10.6 Å². The smallest absolute Gasteiger partial charge is 0.255 e. The quantitative estimate of drug-likeness (QED) is 0.530. The van der Waals surface area contributed by atoms with Crippen molar-refractivity contribution in [2.24, 2.45) is 0 Å². The van der Waals surface area contributed by atoms with Gasteiger partial charge in [-0.25, -0.2) is 14.4 Å². The van der Waals surface area contributed by atoms with Gasteiger partial charge in [-0.2, -0.15) is 9.78 Å². The van der Waals surface area contributed by atoms with Gasteiger partial charge in [0.05, 0.1) is 34.6 Å². The maximum atomic E-state index is 14.0. The number of fused-ring (bicyclic) bond motifs is 1. The lowest BCUT2D eigenvalue weighted by molar-refractivity contribution is -0.00177. The van der Waals surface area contributed by atoms with Gasteiger partial charge in [-0.05, 0) is 32.8 Å². The summed E-state index contributed by atoms with van der Waals surface area (Å²) in [6, 6.07) is 3.76. The lowest BCUT2D eigenvalue weighted by Crippen LogP contribution is -2.42. The highest BCUT2D eigenvalue weighted by Crippen LogP contribution is 2.28. The van der Waals surface area contributed by atoms with Gasteiger partial charge in [-0.3, -0.25) is 4.79 Å². The first-order valence-electron chi connectivity index (χ1n) is 9.63. The number of anilines is 1. The van der Waals surface area contributed by atoms with Gasteiger partial charge in [0.15, 0.2) is 11.5 Å². The number of nitrogens with zero attached hydrogens (tertiary/aromatic N) is 4. The van der Waals surface area contributed by atoms with Crippen LogP contribution in [0.4, 0.5) is 10.1 Å². The van der Waals surface area contributed by atoms with Crippen LogP contribution in [0.1, 0.15) is 37.0 Å². The molecule has 1 saturated carbocycles. The molecule has 1 amide bonds. The van der Waals surface area contributed by atoms with E-state index < -0.39 is 17.7 Å². The van der Waals surface area contributed by atoms with E-state index in [-0.39, 0.29) is 12.6 Å². The van der Waals surface area contributed by atoms with Crippen LogP contribution in [-0.2, 0) is 0 Å². The fraction of sp³-hybridized carbons (Fsp3) is 0.400. The van der Waals surface area contributed by atoms with Gasteiger partial charge in [-0.15, -0.1) is 0 Å². The summed E-state index contributed by atoms with van der Waals surface area (Å²) in [5, 5.41) is 21.2. The number of halogens is 2. The highest BCUT2D eigenvalue weighted by atomic mass is 35.5. The molecule has 8 nitrogen and oxygen atoms in total. The number of aromatic nitrogens is 4. The summed E-state index contributed by atoms with van der Waals surface area (Å²) in [4.78, 5) is 21.3. The molecule has 0 saturated heterocycles. The van der Waals surface area contributed by atoms with Crippen molar-refractivity contribution in [2.75, 3.05) is 11.9 Å². The number of nitrogens with one attached hydrogen (secondary N) is 2. The number of aliphatic hydroxyl groups is 1. The van der Waals surface area contributed by atoms with Gasteiger partial charge in [-0.1, -0.05) is 11.6 Å². The number of hydrogen-bond acceptors (Lipinski definition) is 6. The van der Waals surface area contributed by atoms with E-state index >= 15 is 0 Å². The Morgan fingerprint density at radius 2 is 2.10 bits per heavy atom. The molecule has 0 radical (unpaired) electrons. The molecule has 1 atom stereocenters. The third kappa shape index (κ3) is 4.36. The fourth-order valence-corrected chi connectivity index (χ4v) is 3.06. The molecule has 30 heavy (non-hydrogen) atoms. The molecule has 0 bridgehead atoms. The highest BCUT2D eigenvalue weighted by molar-refractivity contribution is 6.31. The Bertz CT molecular complexity index is 1090. The molecule has 4 rings (SSSR count). The second-order valence-electron chi connectivity index (χ2n) is 7.96. The maximum absolute atomic E-state index is 14.0. The number of alkyl halides is 1. The number of carbonyl (C=O) groups excluding carboxylic acids is 1. The Balaban J connectivity index is 1.62. The summed E-state index contributed by atoms with van der Waals surface area (Å²) in [5.41, 5.74) is -0.0779. The third-order valence-electron chi connectivity index (χ3n) is 4.87. The average Bonchev–Trinajstić information content (AvgIpc) is 3.41. The van der Waals surface area contributed by atoms with E-state index in [0.29, 0.717) is 27.7 Å². The summed E-state index contributed by atoms with van der Waals surface area (Å²) in [7, 11) is 0. The molecule has 3 N–H and O–H groups in total. The van der Waals surface area contributed by atoms with Crippen molar-refractivity contribution in [3.8, 4) is 5.82 Å². The molecular weight excluding hydrogens is 411 g/mol. The number of hydrogen-bond donors (Lipinski definition) is 3. The van der Waals surface area contributed by atoms with Gasteiger partial charge < -0.3 is 15.7 Å². The zero-order valence-corrected chi connectivity index (χ0v) is 17.3. The molecule has 3 aromatic heterocycles. The average molecular weight is 433 g/mol. The minimum atomic E-state index is -1.60. The molecule has 1 aliphatic rings. The van der Waals surface area contributed by atoms with Gasteiger partial charge in [0.1, 0.15) is 6.17 Å². The second-order valence-corrected chi connectivity index (χ2v) is 8.40. The lowest BCUT2D eigenvalue weighted by atomic mass is 10.0.